The van der Waals surface area contributed by atoms with E-state index in [2.05, 4.69) is 199 Å². The summed E-state index contributed by atoms with van der Waals surface area (Å²) in [5.41, 5.74) is 13.9. The van der Waals surface area contributed by atoms with Gasteiger partial charge in [0.15, 0.2) is 5.58 Å². The van der Waals surface area contributed by atoms with E-state index in [4.69, 9.17) is 9.40 Å². The highest BCUT2D eigenvalue weighted by molar-refractivity contribution is 6.14. The average Bonchev–Trinajstić information content (AvgIpc) is 3.64. The van der Waals surface area contributed by atoms with Gasteiger partial charge in [-0.25, -0.2) is 4.98 Å². The monoisotopic (exact) mass is 690 g/mol. The molecule has 10 aromatic rings. The third kappa shape index (κ3) is 5.69. The lowest BCUT2D eigenvalue weighted by atomic mass is 9.91. The van der Waals surface area contributed by atoms with Crippen LogP contribution >= 0.6 is 0 Å². The summed E-state index contributed by atoms with van der Waals surface area (Å²) in [6.45, 7) is 0. The number of anilines is 3. The van der Waals surface area contributed by atoms with Gasteiger partial charge in [0.1, 0.15) is 16.9 Å². The molecule has 0 unspecified atom stereocenters. The number of rotatable bonds is 7. The van der Waals surface area contributed by atoms with Crippen LogP contribution in [-0.4, -0.2) is 4.98 Å². The molecule has 0 radical (unpaired) electrons. The van der Waals surface area contributed by atoms with Crippen molar-refractivity contribution in [1.29, 1.82) is 0 Å². The molecule has 0 fully saturated rings. The van der Waals surface area contributed by atoms with Crippen molar-refractivity contribution >= 4 is 50.0 Å². The van der Waals surface area contributed by atoms with Crippen LogP contribution in [-0.2, 0) is 0 Å². The number of hydrogen-bond acceptors (Lipinski definition) is 3. The molecule has 0 atom stereocenters. The molecule has 0 saturated heterocycles. The first-order valence-corrected chi connectivity index (χ1v) is 18.3. The molecule has 2 heterocycles. The summed E-state index contributed by atoms with van der Waals surface area (Å²) < 4.78 is 6.46. The molecular formula is C51H34N2O. The normalized spacial score (nSPS) is 11.3. The van der Waals surface area contributed by atoms with Crippen molar-refractivity contribution in [2.24, 2.45) is 0 Å². The van der Waals surface area contributed by atoms with Gasteiger partial charge >= 0.3 is 0 Å². The lowest BCUT2D eigenvalue weighted by molar-refractivity contribution is 0.671. The van der Waals surface area contributed by atoms with Gasteiger partial charge in [-0.3, -0.25) is 4.90 Å². The maximum Gasteiger partial charge on any atom is 0.161 e. The van der Waals surface area contributed by atoms with Crippen LogP contribution in [0.4, 0.5) is 17.2 Å². The molecular weight excluding hydrogens is 657 g/mol. The smallest absolute Gasteiger partial charge is 0.161 e. The summed E-state index contributed by atoms with van der Waals surface area (Å²) in [6, 6.07) is 72.8. The Morgan fingerprint density at radius 3 is 1.70 bits per heavy atom. The van der Waals surface area contributed by atoms with Crippen molar-refractivity contribution in [2.75, 3.05) is 4.90 Å². The summed E-state index contributed by atoms with van der Waals surface area (Å²) in [6.07, 6.45) is 0. The minimum Gasteiger partial charge on any atom is -0.454 e. The minimum atomic E-state index is 0.802. The quantitative estimate of drug-likeness (QED) is 0.167. The van der Waals surface area contributed by atoms with E-state index >= 15 is 0 Å². The maximum absolute atomic E-state index is 6.46. The van der Waals surface area contributed by atoms with Crippen molar-refractivity contribution in [3.8, 4) is 44.5 Å². The van der Waals surface area contributed by atoms with Crippen molar-refractivity contribution in [2.45, 2.75) is 0 Å². The summed E-state index contributed by atoms with van der Waals surface area (Å²) in [5.74, 6) is 0.811. The van der Waals surface area contributed by atoms with E-state index in [9.17, 15) is 0 Å². The number of fused-ring (bicyclic) bond motifs is 5. The van der Waals surface area contributed by atoms with E-state index in [1.54, 1.807) is 0 Å². The molecule has 0 spiro atoms. The molecule has 0 N–H and O–H groups in total. The highest BCUT2D eigenvalue weighted by Gasteiger charge is 2.19. The van der Waals surface area contributed by atoms with Crippen molar-refractivity contribution in [3.63, 3.8) is 0 Å². The minimum absolute atomic E-state index is 0.802. The average molecular weight is 691 g/mol. The van der Waals surface area contributed by atoms with Gasteiger partial charge in [0, 0.05) is 27.5 Å². The summed E-state index contributed by atoms with van der Waals surface area (Å²) in [5, 5.41) is 3.19. The van der Waals surface area contributed by atoms with Gasteiger partial charge in [-0.1, -0.05) is 152 Å². The highest BCUT2D eigenvalue weighted by atomic mass is 16.3. The van der Waals surface area contributed by atoms with Crippen LogP contribution in [0.15, 0.2) is 211 Å². The van der Waals surface area contributed by atoms with Crippen LogP contribution in [0.3, 0.4) is 0 Å². The van der Waals surface area contributed by atoms with Crippen molar-refractivity contribution < 1.29 is 4.42 Å². The molecule has 0 bridgehead atoms. The summed E-state index contributed by atoms with van der Waals surface area (Å²) >= 11 is 0. The third-order valence-corrected chi connectivity index (χ3v) is 10.3. The van der Waals surface area contributed by atoms with E-state index in [0.717, 1.165) is 66.7 Å². The van der Waals surface area contributed by atoms with E-state index < -0.39 is 0 Å². The zero-order valence-corrected chi connectivity index (χ0v) is 29.4. The predicted molar refractivity (Wildman–Crippen MR) is 225 cm³/mol. The Bertz CT molecular complexity index is 2920. The molecule has 54 heavy (non-hydrogen) atoms. The van der Waals surface area contributed by atoms with Crippen LogP contribution in [0.2, 0.25) is 0 Å². The molecule has 10 rings (SSSR count). The first kappa shape index (κ1) is 31.5. The van der Waals surface area contributed by atoms with Gasteiger partial charge in [-0.05, 0) is 99.1 Å². The van der Waals surface area contributed by atoms with Gasteiger partial charge in [0.2, 0.25) is 0 Å². The number of aromatic nitrogens is 1. The second-order valence-corrected chi connectivity index (χ2v) is 13.6. The Morgan fingerprint density at radius 1 is 0.370 bits per heavy atom. The Hall–Kier alpha value is -7.23. The molecule has 3 heteroatoms. The second-order valence-electron chi connectivity index (χ2n) is 13.6. The fourth-order valence-corrected chi connectivity index (χ4v) is 7.60. The fraction of sp³-hybridized carbons (Fsp3) is 0. The standard InChI is InChI=1S/C51H34N2O/c1-4-13-35(14-5-1)40-19-12-20-43(33-40)53(49-32-27-39-25-31-46-45-21-10-11-22-48(45)54-51(46)50(39)52-49)42-28-23-38(24-29-42)44-30-26-41(36-15-6-2-7-16-36)34-47(44)37-17-8-3-9-18-37/h1-34H. The molecule has 2 aromatic heterocycles. The summed E-state index contributed by atoms with van der Waals surface area (Å²) in [7, 11) is 0. The molecule has 0 amide bonds. The number of hydrogen-bond donors (Lipinski definition) is 0. The SMILES string of the molecule is c1ccc(-c2cccc(N(c3ccc(-c4ccc(-c5ccccc5)cc4-c4ccccc4)cc3)c3ccc4ccc5c6ccccc6oc5c4n3)c2)cc1. The number of para-hydroxylation sites is 1. The Morgan fingerprint density at radius 2 is 0.963 bits per heavy atom. The lowest BCUT2D eigenvalue weighted by Gasteiger charge is -2.25. The Balaban J connectivity index is 1.12. The van der Waals surface area contributed by atoms with Crippen molar-refractivity contribution in [3.05, 3.63) is 206 Å². The second kappa shape index (κ2) is 13.4. The molecule has 8 aromatic carbocycles. The van der Waals surface area contributed by atoms with Crippen LogP contribution in [0.1, 0.15) is 0 Å². The van der Waals surface area contributed by atoms with Gasteiger partial charge in [0.25, 0.3) is 0 Å². The van der Waals surface area contributed by atoms with Crippen LogP contribution < -0.4 is 4.90 Å². The maximum atomic E-state index is 6.46. The number of benzene rings is 8. The zero-order valence-electron chi connectivity index (χ0n) is 29.4. The summed E-state index contributed by atoms with van der Waals surface area (Å²) in [4.78, 5) is 7.60. The number of nitrogens with zero attached hydrogens (tertiary/aromatic N) is 2. The zero-order chi connectivity index (χ0) is 35.8. The van der Waals surface area contributed by atoms with E-state index in [-0.39, 0.29) is 0 Å². The van der Waals surface area contributed by atoms with Crippen LogP contribution in [0, 0.1) is 0 Å². The van der Waals surface area contributed by atoms with Crippen LogP contribution in [0.5, 0.6) is 0 Å². The molecule has 3 nitrogen and oxygen atoms in total. The molecule has 0 aliphatic rings. The first-order valence-electron chi connectivity index (χ1n) is 18.3. The lowest BCUT2D eigenvalue weighted by Crippen LogP contribution is -2.11. The molecule has 0 saturated carbocycles. The van der Waals surface area contributed by atoms with Gasteiger partial charge < -0.3 is 4.42 Å². The number of pyridine rings is 1. The van der Waals surface area contributed by atoms with Gasteiger partial charge in [0.05, 0.1) is 0 Å². The topological polar surface area (TPSA) is 29.3 Å². The van der Waals surface area contributed by atoms with E-state index in [0.29, 0.717) is 0 Å². The molecule has 0 aliphatic heterocycles. The molecule has 254 valence electrons. The largest absolute Gasteiger partial charge is 0.454 e. The third-order valence-electron chi connectivity index (χ3n) is 10.3. The number of furan rings is 1. The van der Waals surface area contributed by atoms with Gasteiger partial charge in [-0.15, -0.1) is 0 Å². The van der Waals surface area contributed by atoms with Crippen molar-refractivity contribution in [1.82, 2.24) is 4.98 Å². The highest BCUT2D eigenvalue weighted by Crippen LogP contribution is 2.41. The first-order chi connectivity index (χ1) is 26.8. The van der Waals surface area contributed by atoms with Gasteiger partial charge in [-0.2, -0.15) is 0 Å². The van der Waals surface area contributed by atoms with Crippen LogP contribution in [0.25, 0.3) is 77.3 Å². The predicted octanol–water partition coefficient (Wildman–Crippen LogP) is 14.3. The van der Waals surface area contributed by atoms with E-state index in [1.807, 2.05) is 12.1 Å². The Kier molecular flexibility index (Phi) is 7.81. The Labute approximate surface area is 314 Å². The molecule has 0 aliphatic carbocycles. The fourth-order valence-electron chi connectivity index (χ4n) is 7.60. The van der Waals surface area contributed by atoms with E-state index in [1.165, 1.54) is 27.8 Å².